The second-order valence-electron chi connectivity index (χ2n) is 7.93. The Hall–Kier alpha value is -2.73. The Morgan fingerprint density at radius 2 is 1.80 bits per heavy atom. The number of rotatable bonds is 7. The van der Waals surface area contributed by atoms with Gasteiger partial charge in [0.05, 0.1) is 29.7 Å². The SMILES string of the molecule is Cc1nc(C(C)C)sc1[C@H](C)N(C)C(=O)CNC(=O)Cc1cccc2ccccc12. The molecule has 6 heteroatoms. The molecule has 1 aromatic heterocycles. The molecule has 0 saturated carbocycles. The lowest BCUT2D eigenvalue weighted by atomic mass is 10.0. The third kappa shape index (κ3) is 4.87. The second kappa shape index (κ2) is 9.39. The van der Waals surface area contributed by atoms with Gasteiger partial charge in [-0.25, -0.2) is 4.98 Å². The van der Waals surface area contributed by atoms with Crippen molar-refractivity contribution in [2.75, 3.05) is 13.6 Å². The molecule has 158 valence electrons. The van der Waals surface area contributed by atoms with E-state index in [0.29, 0.717) is 5.92 Å². The van der Waals surface area contributed by atoms with Gasteiger partial charge >= 0.3 is 0 Å². The number of hydrogen-bond donors (Lipinski definition) is 1. The Bertz CT molecular complexity index is 1050. The molecule has 3 rings (SSSR count). The standard InChI is InChI=1S/C24H29N3O2S/c1-15(2)24-26-16(3)23(30-24)17(4)27(5)22(29)14-25-21(28)13-19-11-8-10-18-9-6-7-12-20(18)19/h6-12,15,17H,13-14H2,1-5H3,(H,25,28)/t17-/m0/s1. The van der Waals surface area contributed by atoms with Gasteiger partial charge in [-0.1, -0.05) is 56.3 Å². The van der Waals surface area contributed by atoms with Crippen molar-refractivity contribution in [3.05, 3.63) is 63.6 Å². The molecule has 1 N–H and O–H groups in total. The van der Waals surface area contributed by atoms with Gasteiger partial charge < -0.3 is 10.2 Å². The summed E-state index contributed by atoms with van der Waals surface area (Å²) in [4.78, 5) is 32.5. The van der Waals surface area contributed by atoms with Gasteiger partial charge in [-0.3, -0.25) is 9.59 Å². The number of carbonyl (C=O) groups excluding carboxylic acids is 2. The molecule has 0 saturated heterocycles. The fourth-order valence-corrected chi connectivity index (χ4v) is 4.60. The minimum atomic E-state index is -0.156. The van der Waals surface area contributed by atoms with Gasteiger partial charge in [-0.15, -0.1) is 11.3 Å². The molecule has 1 atom stereocenters. The van der Waals surface area contributed by atoms with Crippen LogP contribution in [0.5, 0.6) is 0 Å². The molecule has 0 unspecified atom stereocenters. The number of fused-ring (bicyclic) bond motifs is 1. The largest absolute Gasteiger partial charge is 0.347 e. The monoisotopic (exact) mass is 423 g/mol. The summed E-state index contributed by atoms with van der Waals surface area (Å²) in [7, 11) is 1.78. The number of carbonyl (C=O) groups is 2. The summed E-state index contributed by atoms with van der Waals surface area (Å²) in [5.74, 6) is 0.0912. The van der Waals surface area contributed by atoms with Crippen LogP contribution in [0.25, 0.3) is 10.8 Å². The Morgan fingerprint density at radius 3 is 2.50 bits per heavy atom. The predicted octanol–water partition coefficient (Wildman–Crippen LogP) is 4.61. The first-order valence-electron chi connectivity index (χ1n) is 10.2. The van der Waals surface area contributed by atoms with Crippen LogP contribution in [0.3, 0.4) is 0 Å². The number of nitrogens with zero attached hydrogens (tertiary/aromatic N) is 2. The quantitative estimate of drug-likeness (QED) is 0.604. The zero-order chi connectivity index (χ0) is 21.8. The van der Waals surface area contributed by atoms with E-state index in [1.807, 2.05) is 56.3 Å². The highest BCUT2D eigenvalue weighted by molar-refractivity contribution is 7.11. The normalized spacial score (nSPS) is 12.2. The van der Waals surface area contributed by atoms with Gasteiger partial charge in [-0.2, -0.15) is 0 Å². The van der Waals surface area contributed by atoms with Crippen LogP contribution in [0.15, 0.2) is 42.5 Å². The Balaban J connectivity index is 1.59. The van der Waals surface area contributed by atoms with E-state index in [2.05, 4.69) is 24.1 Å². The maximum Gasteiger partial charge on any atom is 0.242 e. The molecule has 0 spiro atoms. The first-order valence-corrected chi connectivity index (χ1v) is 11.1. The number of benzene rings is 2. The predicted molar refractivity (Wildman–Crippen MR) is 123 cm³/mol. The lowest BCUT2D eigenvalue weighted by Crippen LogP contribution is -2.39. The van der Waals surface area contributed by atoms with E-state index >= 15 is 0 Å². The van der Waals surface area contributed by atoms with Crippen molar-refractivity contribution in [1.82, 2.24) is 15.2 Å². The summed E-state index contributed by atoms with van der Waals surface area (Å²) >= 11 is 1.66. The fraction of sp³-hybridized carbons (Fsp3) is 0.375. The Labute approximate surface area is 182 Å². The average molecular weight is 424 g/mol. The maximum absolute atomic E-state index is 12.7. The van der Waals surface area contributed by atoms with E-state index < -0.39 is 0 Å². The molecule has 0 radical (unpaired) electrons. The van der Waals surface area contributed by atoms with E-state index in [4.69, 9.17) is 0 Å². The summed E-state index contributed by atoms with van der Waals surface area (Å²) in [6.45, 7) is 8.21. The summed E-state index contributed by atoms with van der Waals surface area (Å²) in [6, 6.07) is 13.8. The van der Waals surface area contributed by atoms with Crippen molar-refractivity contribution in [2.45, 2.75) is 46.1 Å². The number of likely N-dealkylation sites (N-methyl/N-ethyl adjacent to an activating group) is 1. The third-order valence-electron chi connectivity index (χ3n) is 5.36. The molecule has 30 heavy (non-hydrogen) atoms. The summed E-state index contributed by atoms with van der Waals surface area (Å²) < 4.78 is 0. The van der Waals surface area contributed by atoms with E-state index in [-0.39, 0.29) is 30.8 Å². The van der Waals surface area contributed by atoms with Crippen molar-refractivity contribution in [2.24, 2.45) is 0 Å². The van der Waals surface area contributed by atoms with E-state index in [9.17, 15) is 9.59 Å². The number of thiazole rings is 1. The van der Waals surface area contributed by atoms with Crippen LogP contribution in [-0.4, -0.2) is 35.3 Å². The Kier molecular flexibility index (Phi) is 6.87. The number of aryl methyl sites for hydroxylation is 1. The molecule has 0 fully saturated rings. The second-order valence-corrected chi connectivity index (χ2v) is 8.99. The fourth-order valence-electron chi connectivity index (χ4n) is 3.44. The molecule has 0 aliphatic heterocycles. The first kappa shape index (κ1) is 22.0. The van der Waals surface area contributed by atoms with Gasteiger partial charge in [-0.05, 0) is 30.2 Å². The van der Waals surface area contributed by atoms with Crippen molar-refractivity contribution in [3.63, 3.8) is 0 Å². The molecule has 5 nitrogen and oxygen atoms in total. The molecule has 0 bridgehead atoms. The lowest BCUT2D eigenvalue weighted by molar-refractivity contribution is -0.133. The van der Waals surface area contributed by atoms with Gasteiger partial charge in [0.2, 0.25) is 11.8 Å². The molecule has 1 heterocycles. The van der Waals surface area contributed by atoms with Crippen LogP contribution in [-0.2, 0) is 16.0 Å². The maximum atomic E-state index is 12.7. The Morgan fingerprint density at radius 1 is 1.10 bits per heavy atom. The van der Waals surface area contributed by atoms with Crippen LogP contribution in [0, 0.1) is 6.92 Å². The van der Waals surface area contributed by atoms with Crippen LogP contribution < -0.4 is 5.32 Å². The zero-order valence-corrected chi connectivity index (χ0v) is 19.0. The lowest BCUT2D eigenvalue weighted by Gasteiger charge is -2.24. The van der Waals surface area contributed by atoms with E-state index in [1.165, 1.54) is 0 Å². The molecular weight excluding hydrogens is 394 g/mol. The highest BCUT2D eigenvalue weighted by atomic mass is 32.1. The van der Waals surface area contributed by atoms with Crippen molar-refractivity contribution in [3.8, 4) is 0 Å². The minimum absolute atomic E-state index is 0.0146. The number of amides is 2. The van der Waals surface area contributed by atoms with Gasteiger partial charge in [0.25, 0.3) is 0 Å². The van der Waals surface area contributed by atoms with Gasteiger partial charge in [0, 0.05) is 17.8 Å². The third-order valence-corrected chi connectivity index (χ3v) is 6.99. The summed E-state index contributed by atoms with van der Waals surface area (Å²) in [5, 5.41) is 6.03. The van der Waals surface area contributed by atoms with Crippen LogP contribution in [0.1, 0.15) is 53.9 Å². The molecule has 2 aromatic carbocycles. The average Bonchev–Trinajstić information content (AvgIpc) is 3.13. The molecule has 3 aromatic rings. The van der Waals surface area contributed by atoms with Crippen molar-refractivity contribution in [1.29, 1.82) is 0 Å². The van der Waals surface area contributed by atoms with Crippen LogP contribution in [0.2, 0.25) is 0 Å². The van der Waals surface area contributed by atoms with Crippen molar-refractivity contribution >= 4 is 33.9 Å². The molecular formula is C24H29N3O2S. The number of hydrogen-bond acceptors (Lipinski definition) is 4. The van der Waals surface area contributed by atoms with Crippen LogP contribution in [0.4, 0.5) is 0 Å². The van der Waals surface area contributed by atoms with E-state index in [1.54, 1.807) is 23.3 Å². The van der Waals surface area contributed by atoms with Crippen LogP contribution >= 0.6 is 11.3 Å². The highest BCUT2D eigenvalue weighted by Gasteiger charge is 2.23. The van der Waals surface area contributed by atoms with Gasteiger partial charge in [0.15, 0.2) is 0 Å². The number of aromatic nitrogens is 1. The molecule has 0 aliphatic carbocycles. The molecule has 0 aliphatic rings. The minimum Gasteiger partial charge on any atom is -0.347 e. The summed E-state index contributed by atoms with van der Waals surface area (Å²) in [6.07, 6.45) is 0.250. The van der Waals surface area contributed by atoms with E-state index in [0.717, 1.165) is 31.9 Å². The smallest absolute Gasteiger partial charge is 0.242 e. The van der Waals surface area contributed by atoms with Crippen molar-refractivity contribution < 1.29 is 9.59 Å². The topological polar surface area (TPSA) is 62.3 Å². The number of nitrogens with one attached hydrogen (secondary N) is 1. The highest BCUT2D eigenvalue weighted by Crippen LogP contribution is 2.31. The van der Waals surface area contributed by atoms with Gasteiger partial charge in [0.1, 0.15) is 0 Å². The summed E-state index contributed by atoms with van der Waals surface area (Å²) in [5.41, 5.74) is 1.93. The first-order chi connectivity index (χ1) is 14.3. The molecule has 2 amide bonds. The zero-order valence-electron chi connectivity index (χ0n) is 18.2.